The maximum Gasteiger partial charge on any atom is 0.127 e. The van der Waals surface area contributed by atoms with E-state index in [0.717, 1.165) is 17.1 Å². The molecule has 0 saturated carbocycles. The van der Waals surface area contributed by atoms with Gasteiger partial charge in [-0.15, -0.1) is 12.4 Å². The zero-order valence-electron chi connectivity index (χ0n) is 10.3. The third-order valence-corrected chi connectivity index (χ3v) is 2.60. The molecule has 2 N–H and O–H groups in total. The van der Waals surface area contributed by atoms with Crippen molar-refractivity contribution in [3.63, 3.8) is 0 Å². The SMILES string of the molecule is Cl.N#CC[C@H](N)c1ccc(Oc2ccccc2)cc1. The second-order valence-corrected chi connectivity index (χ2v) is 3.95. The van der Waals surface area contributed by atoms with Crippen LogP contribution in [0.3, 0.4) is 0 Å². The fraction of sp³-hybridized carbons (Fsp3) is 0.133. The van der Waals surface area contributed by atoms with Crippen molar-refractivity contribution in [3.8, 4) is 17.6 Å². The van der Waals surface area contributed by atoms with Crippen molar-refractivity contribution >= 4 is 12.4 Å². The van der Waals surface area contributed by atoms with Crippen LogP contribution >= 0.6 is 12.4 Å². The Hall–Kier alpha value is -2.02. The Morgan fingerprint density at radius 2 is 1.58 bits per heavy atom. The maximum atomic E-state index is 8.59. The molecule has 0 aromatic heterocycles. The molecule has 2 aromatic carbocycles. The van der Waals surface area contributed by atoms with E-state index in [0.29, 0.717) is 6.42 Å². The largest absolute Gasteiger partial charge is 0.457 e. The molecule has 0 fully saturated rings. The standard InChI is InChI=1S/C15H14N2O.ClH/c16-11-10-15(17)12-6-8-14(9-7-12)18-13-4-2-1-3-5-13;/h1-9,15H,10,17H2;1H/t15-;/m0./s1. The monoisotopic (exact) mass is 274 g/mol. The zero-order chi connectivity index (χ0) is 12.8. The van der Waals surface area contributed by atoms with E-state index in [1.54, 1.807) is 0 Å². The second kappa shape index (κ2) is 7.42. The van der Waals surface area contributed by atoms with Crippen LogP contribution in [0.4, 0.5) is 0 Å². The van der Waals surface area contributed by atoms with Gasteiger partial charge in [-0.1, -0.05) is 30.3 Å². The fourth-order valence-corrected chi connectivity index (χ4v) is 1.62. The van der Waals surface area contributed by atoms with Crippen LogP contribution in [0.1, 0.15) is 18.0 Å². The van der Waals surface area contributed by atoms with Gasteiger partial charge in [-0.05, 0) is 29.8 Å². The molecule has 2 aromatic rings. The van der Waals surface area contributed by atoms with Crippen molar-refractivity contribution in [2.75, 3.05) is 0 Å². The van der Waals surface area contributed by atoms with Crippen LogP contribution in [-0.4, -0.2) is 0 Å². The van der Waals surface area contributed by atoms with E-state index in [4.69, 9.17) is 15.7 Å². The van der Waals surface area contributed by atoms with Crippen molar-refractivity contribution in [3.05, 3.63) is 60.2 Å². The Bertz CT molecular complexity index is 534. The molecular formula is C15H15ClN2O. The van der Waals surface area contributed by atoms with Crippen molar-refractivity contribution in [2.45, 2.75) is 12.5 Å². The predicted molar refractivity (Wildman–Crippen MR) is 77.4 cm³/mol. The fourth-order valence-electron chi connectivity index (χ4n) is 1.62. The smallest absolute Gasteiger partial charge is 0.127 e. The average Bonchev–Trinajstić information content (AvgIpc) is 2.41. The summed E-state index contributed by atoms with van der Waals surface area (Å²) in [5.41, 5.74) is 6.79. The number of hydrogen-bond donors (Lipinski definition) is 1. The minimum Gasteiger partial charge on any atom is -0.457 e. The van der Waals surface area contributed by atoms with Crippen LogP contribution in [0.15, 0.2) is 54.6 Å². The van der Waals surface area contributed by atoms with Gasteiger partial charge in [-0.25, -0.2) is 0 Å². The highest BCUT2D eigenvalue weighted by molar-refractivity contribution is 5.85. The topological polar surface area (TPSA) is 59.0 Å². The number of halogens is 1. The van der Waals surface area contributed by atoms with Crippen molar-refractivity contribution in [1.82, 2.24) is 0 Å². The van der Waals surface area contributed by atoms with Gasteiger partial charge in [0.05, 0.1) is 12.5 Å². The number of nitriles is 1. The van der Waals surface area contributed by atoms with E-state index in [9.17, 15) is 0 Å². The van der Waals surface area contributed by atoms with Gasteiger partial charge >= 0.3 is 0 Å². The average molecular weight is 275 g/mol. The Morgan fingerprint density at radius 1 is 1.00 bits per heavy atom. The molecule has 0 amide bonds. The van der Waals surface area contributed by atoms with E-state index in [1.165, 1.54) is 0 Å². The second-order valence-electron chi connectivity index (χ2n) is 3.95. The first kappa shape index (κ1) is 15.0. The Morgan fingerprint density at radius 3 is 2.16 bits per heavy atom. The molecule has 0 radical (unpaired) electrons. The lowest BCUT2D eigenvalue weighted by atomic mass is 10.1. The van der Waals surface area contributed by atoms with Gasteiger partial charge in [0, 0.05) is 6.04 Å². The first-order chi connectivity index (χ1) is 8.79. The van der Waals surface area contributed by atoms with Crippen molar-refractivity contribution in [1.29, 1.82) is 5.26 Å². The molecule has 0 saturated heterocycles. The molecule has 0 unspecified atom stereocenters. The number of benzene rings is 2. The summed E-state index contributed by atoms with van der Waals surface area (Å²) >= 11 is 0. The van der Waals surface area contributed by atoms with Crippen LogP contribution in [0.2, 0.25) is 0 Å². The molecule has 0 heterocycles. The van der Waals surface area contributed by atoms with Gasteiger partial charge in [0.15, 0.2) is 0 Å². The highest BCUT2D eigenvalue weighted by atomic mass is 35.5. The minimum atomic E-state index is -0.235. The molecule has 0 aliphatic carbocycles. The minimum absolute atomic E-state index is 0. The summed E-state index contributed by atoms with van der Waals surface area (Å²) in [5.74, 6) is 1.56. The molecule has 2 rings (SSSR count). The molecule has 4 heteroatoms. The van der Waals surface area contributed by atoms with Crippen LogP contribution in [0.25, 0.3) is 0 Å². The highest BCUT2D eigenvalue weighted by Crippen LogP contribution is 2.23. The molecule has 0 aliphatic rings. The number of hydrogen-bond acceptors (Lipinski definition) is 3. The van der Waals surface area contributed by atoms with Gasteiger partial charge in [-0.2, -0.15) is 5.26 Å². The molecule has 98 valence electrons. The molecular weight excluding hydrogens is 260 g/mol. The van der Waals surface area contributed by atoms with E-state index in [1.807, 2.05) is 54.6 Å². The van der Waals surface area contributed by atoms with Gasteiger partial charge in [0.2, 0.25) is 0 Å². The van der Waals surface area contributed by atoms with Gasteiger partial charge in [0.25, 0.3) is 0 Å². The first-order valence-corrected chi connectivity index (χ1v) is 5.75. The number of nitrogens with two attached hydrogens (primary N) is 1. The Labute approximate surface area is 119 Å². The number of nitrogens with zero attached hydrogens (tertiary/aromatic N) is 1. The first-order valence-electron chi connectivity index (χ1n) is 5.75. The molecule has 19 heavy (non-hydrogen) atoms. The third-order valence-electron chi connectivity index (χ3n) is 2.60. The van der Waals surface area contributed by atoms with E-state index in [2.05, 4.69) is 6.07 Å². The lowest BCUT2D eigenvalue weighted by molar-refractivity contribution is 0.482. The Kier molecular flexibility index (Phi) is 5.87. The molecule has 0 bridgehead atoms. The highest BCUT2D eigenvalue weighted by Gasteiger charge is 2.05. The summed E-state index contributed by atoms with van der Waals surface area (Å²) in [5, 5.41) is 8.59. The summed E-state index contributed by atoms with van der Waals surface area (Å²) in [6, 6.07) is 18.9. The zero-order valence-corrected chi connectivity index (χ0v) is 11.1. The summed E-state index contributed by atoms with van der Waals surface area (Å²) < 4.78 is 5.67. The van der Waals surface area contributed by atoms with E-state index >= 15 is 0 Å². The predicted octanol–water partition coefficient (Wildman–Crippen LogP) is 3.81. The molecule has 0 aliphatic heterocycles. The Balaban J connectivity index is 0.00000180. The van der Waals surface area contributed by atoms with Gasteiger partial charge in [0.1, 0.15) is 11.5 Å². The number of rotatable bonds is 4. The lowest BCUT2D eigenvalue weighted by Crippen LogP contribution is -2.08. The number of para-hydroxylation sites is 1. The summed E-state index contributed by atoms with van der Waals surface area (Å²) in [7, 11) is 0. The molecule has 1 atom stereocenters. The van der Waals surface area contributed by atoms with Gasteiger partial charge < -0.3 is 10.5 Å². The van der Waals surface area contributed by atoms with Crippen LogP contribution in [-0.2, 0) is 0 Å². The van der Waals surface area contributed by atoms with Crippen LogP contribution in [0.5, 0.6) is 11.5 Å². The maximum absolute atomic E-state index is 8.59. The number of ether oxygens (including phenoxy) is 1. The summed E-state index contributed by atoms with van der Waals surface area (Å²) in [4.78, 5) is 0. The van der Waals surface area contributed by atoms with Crippen molar-refractivity contribution < 1.29 is 4.74 Å². The molecule has 0 spiro atoms. The lowest BCUT2D eigenvalue weighted by Gasteiger charge is -2.09. The summed E-state index contributed by atoms with van der Waals surface area (Å²) in [6.45, 7) is 0. The van der Waals surface area contributed by atoms with Gasteiger partial charge in [-0.3, -0.25) is 0 Å². The third kappa shape index (κ3) is 4.29. The van der Waals surface area contributed by atoms with E-state index in [-0.39, 0.29) is 18.4 Å². The van der Waals surface area contributed by atoms with Crippen LogP contribution in [0, 0.1) is 11.3 Å². The van der Waals surface area contributed by atoms with Crippen LogP contribution < -0.4 is 10.5 Å². The molecule has 3 nitrogen and oxygen atoms in total. The quantitative estimate of drug-likeness (QED) is 0.922. The normalized spacial score (nSPS) is 10.9. The summed E-state index contributed by atoms with van der Waals surface area (Å²) in [6.07, 6.45) is 0.318. The van der Waals surface area contributed by atoms with E-state index < -0.39 is 0 Å². The van der Waals surface area contributed by atoms with Crippen molar-refractivity contribution in [2.24, 2.45) is 5.73 Å².